The van der Waals surface area contributed by atoms with Crippen molar-refractivity contribution >= 4 is 20.6 Å². The molecule has 0 atom stereocenters. The molecule has 3 aliphatic rings. The van der Waals surface area contributed by atoms with E-state index in [1.807, 2.05) is 0 Å². The molecule has 0 unspecified atom stereocenters. The van der Waals surface area contributed by atoms with Gasteiger partial charge in [-0.3, -0.25) is 0 Å². The van der Waals surface area contributed by atoms with Crippen molar-refractivity contribution in [3.05, 3.63) is 0 Å². The van der Waals surface area contributed by atoms with Crippen molar-refractivity contribution in [3.8, 4) is 0 Å². The third kappa shape index (κ3) is 2.48. The molecule has 0 aliphatic carbocycles. The van der Waals surface area contributed by atoms with Crippen molar-refractivity contribution < 1.29 is 58.5 Å². The Labute approximate surface area is 118 Å². The van der Waals surface area contributed by atoms with Crippen LogP contribution in [0.2, 0.25) is 0 Å². The Morgan fingerprint density at radius 1 is 0.611 bits per heavy atom. The zero-order chi connectivity index (χ0) is 12.2. The van der Waals surface area contributed by atoms with Crippen LogP contribution < -0.4 is 24.8 Å². The van der Waals surface area contributed by atoms with E-state index in [0.717, 1.165) is 0 Å². The summed E-state index contributed by atoms with van der Waals surface area (Å²) in [4.78, 5) is 0. The SMILES string of the molecule is O=S(=O)(O)[N+]12CC[N+](S(=O)(=O)O)(CC1)CC2.[Cl-].[Cl-]. The number of quaternary nitrogens is 2. The first-order valence-corrected chi connectivity index (χ1v) is 7.59. The minimum absolute atomic E-state index is 0. The topological polar surface area (TPSA) is 109 Å². The summed E-state index contributed by atoms with van der Waals surface area (Å²) in [5.74, 6) is 0. The molecule has 3 saturated heterocycles. The Morgan fingerprint density at radius 2 is 0.778 bits per heavy atom. The van der Waals surface area contributed by atoms with Crippen LogP contribution in [0, 0.1) is 0 Å². The van der Waals surface area contributed by atoms with E-state index in [0.29, 0.717) is 0 Å². The molecule has 0 radical (unpaired) electrons. The van der Waals surface area contributed by atoms with Crippen LogP contribution in [-0.2, 0) is 20.6 Å². The minimum Gasteiger partial charge on any atom is -1.00 e. The van der Waals surface area contributed by atoms with Crippen LogP contribution in [0.15, 0.2) is 0 Å². The van der Waals surface area contributed by atoms with E-state index in [2.05, 4.69) is 0 Å². The molecule has 3 fully saturated rings. The van der Waals surface area contributed by atoms with Crippen molar-refractivity contribution in [1.29, 1.82) is 0 Å². The van der Waals surface area contributed by atoms with Gasteiger partial charge in [-0.1, -0.05) is 0 Å². The van der Waals surface area contributed by atoms with Gasteiger partial charge in [-0.2, -0.15) is 7.78 Å². The summed E-state index contributed by atoms with van der Waals surface area (Å²) in [5, 5.41) is 0. The summed E-state index contributed by atoms with van der Waals surface area (Å²) in [6, 6.07) is 0. The van der Waals surface area contributed by atoms with E-state index >= 15 is 0 Å². The van der Waals surface area contributed by atoms with E-state index in [-0.39, 0.29) is 64.1 Å². The number of piperazine rings is 3. The van der Waals surface area contributed by atoms with Crippen molar-refractivity contribution in [2.45, 2.75) is 0 Å². The number of hydrogen-bond donors (Lipinski definition) is 2. The van der Waals surface area contributed by atoms with Gasteiger partial charge >= 0.3 is 20.6 Å². The first-order valence-electron chi connectivity index (χ1n) is 4.79. The average molecular weight is 345 g/mol. The second-order valence-corrected chi connectivity index (χ2v) is 7.69. The largest absolute Gasteiger partial charge is 1.00 e. The fraction of sp³-hybridized carbons (Fsp3) is 1.00. The molecule has 0 aromatic heterocycles. The summed E-state index contributed by atoms with van der Waals surface area (Å²) in [6.45, 7) is 0.0751. The van der Waals surface area contributed by atoms with Gasteiger partial charge in [-0.15, -0.1) is 16.8 Å². The molecule has 3 aliphatic heterocycles. The number of rotatable bonds is 2. The Hall–Kier alpha value is 0.320. The molecule has 0 saturated carbocycles. The summed E-state index contributed by atoms with van der Waals surface area (Å²) in [6.07, 6.45) is 0. The lowest BCUT2D eigenvalue weighted by molar-refractivity contribution is -0.976. The molecule has 18 heavy (non-hydrogen) atoms. The molecule has 3 heterocycles. The lowest BCUT2D eigenvalue weighted by Gasteiger charge is -2.49. The predicted octanol–water partition coefficient (Wildman–Crippen LogP) is -7.74. The molecule has 0 aromatic carbocycles. The second-order valence-electron chi connectivity index (χ2n) is 4.35. The van der Waals surface area contributed by atoms with Gasteiger partial charge in [-0.25, -0.2) is 9.11 Å². The van der Waals surface area contributed by atoms with Crippen LogP contribution in [0.4, 0.5) is 0 Å². The minimum atomic E-state index is -4.22. The van der Waals surface area contributed by atoms with Gasteiger partial charge in [-0.05, 0) is 0 Å². The Morgan fingerprint density at radius 3 is 0.889 bits per heavy atom. The first-order chi connectivity index (χ1) is 7.12. The summed E-state index contributed by atoms with van der Waals surface area (Å²) < 4.78 is 62.2. The third-order valence-corrected chi connectivity index (χ3v) is 6.78. The highest BCUT2D eigenvalue weighted by Gasteiger charge is 2.60. The molecule has 12 heteroatoms. The second kappa shape index (κ2) is 5.02. The molecule has 3 rings (SSSR count). The van der Waals surface area contributed by atoms with E-state index in [9.17, 15) is 16.8 Å². The molecule has 2 bridgehead atoms. The fourth-order valence-corrected chi connectivity index (χ4v) is 4.33. The monoisotopic (exact) mass is 344 g/mol. The van der Waals surface area contributed by atoms with Crippen LogP contribution in [-0.4, -0.2) is 73.0 Å². The molecule has 0 amide bonds. The van der Waals surface area contributed by atoms with Gasteiger partial charge in [0.05, 0.1) is 0 Å². The van der Waals surface area contributed by atoms with Gasteiger partial charge in [0.25, 0.3) is 0 Å². The van der Waals surface area contributed by atoms with Crippen molar-refractivity contribution in [1.82, 2.24) is 0 Å². The average Bonchev–Trinajstić information content (AvgIpc) is 2.17. The van der Waals surface area contributed by atoms with Crippen LogP contribution >= 0.6 is 0 Å². The smallest absolute Gasteiger partial charge is 0.433 e. The molecule has 110 valence electrons. The van der Waals surface area contributed by atoms with Gasteiger partial charge in [0.2, 0.25) is 0 Å². The molecular formula is C6H14Cl2N2O6S2. The van der Waals surface area contributed by atoms with E-state index < -0.39 is 28.4 Å². The number of hydrogen-bond acceptors (Lipinski definition) is 4. The summed E-state index contributed by atoms with van der Waals surface area (Å²) >= 11 is 0. The van der Waals surface area contributed by atoms with Crippen LogP contribution in [0.5, 0.6) is 0 Å². The van der Waals surface area contributed by atoms with Gasteiger partial charge < -0.3 is 24.8 Å². The number of halogens is 2. The maximum Gasteiger partial charge on any atom is 0.433 e. The van der Waals surface area contributed by atoms with Crippen LogP contribution in [0.3, 0.4) is 0 Å². The quantitative estimate of drug-likeness (QED) is 0.380. The maximum atomic E-state index is 11.2. The van der Waals surface area contributed by atoms with Crippen LogP contribution in [0.1, 0.15) is 0 Å². The Kier molecular flexibility index (Phi) is 5.11. The fourth-order valence-electron chi connectivity index (χ4n) is 2.46. The highest BCUT2D eigenvalue weighted by atomic mass is 35.5. The van der Waals surface area contributed by atoms with Gasteiger partial charge in [0, 0.05) is 0 Å². The van der Waals surface area contributed by atoms with Crippen molar-refractivity contribution in [2.75, 3.05) is 39.3 Å². The van der Waals surface area contributed by atoms with E-state index in [1.165, 1.54) is 0 Å². The normalized spacial score (nSPS) is 35.4. The Balaban J connectivity index is 0.00000144. The van der Waals surface area contributed by atoms with Gasteiger partial charge in [0.15, 0.2) is 0 Å². The van der Waals surface area contributed by atoms with Crippen molar-refractivity contribution in [3.63, 3.8) is 0 Å². The van der Waals surface area contributed by atoms with Crippen LogP contribution in [0.25, 0.3) is 0 Å². The molecule has 0 spiro atoms. The third-order valence-electron chi connectivity index (χ3n) is 3.72. The highest BCUT2D eigenvalue weighted by molar-refractivity contribution is 7.80. The number of fused-ring (bicyclic) bond motifs is 3. The lowest BCUT2D eigenvalue weighted by atomic mass is 10.2. The predicted molar refractivity (Wildman–Crippen MR) is 52.8 cm³/mol. The lowest BCUT2D eigenvalue weighted by Crippen LogP contribution is -3.00. The number of nitrogens with zero attached hydrogens (tertiary/aromatic N) is 2. The van der Waals surface area contributed by atoms with E-state index in [1.54, 1.807) is 0 Å². The maximum absolute atomic E-state index is 11.2. The molecule has 8 nitrogen and oxygen atoms in total. The van der Waals surface area contributed by atoms with E-state index in [4.69, 9.17) is 9.11 Å². The molecular weight excluding hydrogens is 331 g/mol. The molecule has 0 aromatic rings. The first kappa shape index (κ1) is 18.3. The summed E-state index contributed by atoms with van der Waals surface area (Å²) in [5.41, 5.74) is 0. The zero-order valence-corrected chi connectivity index (χ0v) is 12.4. The zero-order valence-electron chi connectivity index (χ0n) is 9.24. The van der Waals surface area contributed by atoms with Gasteiger partial charge in [0.1, 0.15) is 39.3 Å². The summed E-state index contributed by atoms with van der Waals surface area (Å²) in [7, 11) is -8.44. The standard InChI is InChI=1S/C6H12N2O6S2.2ClH/c9-15(10,11)7-1-2-8(5-3-7,6-4-7)16(12,13)14;;/h1-6H2;2*1H. The Bertz CT molecular complexity index is 446. The van der Waals surface area contributed by atoms with Crippen molar-refractivity contribution in [2.24, 2.45) is 0 Å². The highest BCUT2D eigenvalue weighted by Crippen LogP contribution is 2.31. The molecule has 2 N–H and O–H groups in total.